The number of halogens is 2. The van der Waals surface area contributed by atoms with Gasteiger partial charge in [-0.2, -0.15) is 0 Å². The zero-order chi connectivity index (χ0) is 20.4. The van der Waals surface area contributed by atoms with Gasteiger partial charge in [-0.05, 0) is 64.0 Å². The van der Waals surface area contributed by atoms with Crippen LogP contribution in [-0.4, -0.2) is 32.1 Å². The number of methoxy groups -OCH3 is 2. The van der Waals surface area contributed by atoms with E-state index >= 15 is 0 Å². The Balaban J connectivity index is 2.04. The van der Waals surface area contributed by atoms with Gasteiger partial charge in [-0.1, -0.05) is 0 Å². The lowest BCUT2D eigenvalue weighted by molar-refractivity contribution is -0.122. The molecular formula is C19H14BrFN2O5. The molecule has 9 heteroatoms. The first kappa shape index (κ1) is 19.6. The molecule has 1 heterocycles. The lowest BCUT2D eigenvalue weighted by Crippen LogP contribution is -2.54. The van der Waals surface area contributed by atoms with Gasteiger partial charge in [0.25, 0.3) is 11.8 Å². The Bertz CT molecular complexity index is 1000. The van der Waals surface area contributed by atoms with Crippen molar-refractivity contribution in [1.82, 2.24) is 5.32 Å². The minimum Gasteiger partial charge on any atom is -0.493 e. The first-order chi connectivity index (χ1) is 13.3. The van der Waals surface area contributed by atoms with Crippen LogP contribution in [0.4, 0.5) is 14.9 Å². The SMILES string of the molecule is COc1cc(C=C2C(=O)NC(=O)N(c3ccc(F)cc3)C2=O)cc(Br)c1OC. The average molecular weight is 449 g/mol. The smallest absolute Gasteiger partial charge is 0.335 e. The number of carbonyl (C=O) groups excluding carboxylic acids is 3. The van der Waals surface area contributed by atoms with Crippen LogP contribution in [0.3, 0.4) is 0 Å². The highest BCUT2D eigenvalue weighted by Gasteiger charge is 2.36. The molecular weight excluding hydrogens is 435 g/mol. The molecule has 144 valence electrons. The van der Waals surface area contributed by atoms with Crippen molar-refractivity contribution in [2.45, 2.75) is 0 Å². The number of nitrogens with zero attached hydrogens (tertiary/aromatic N) is 1. The topological polar surface area (TPSA) is 84.9 Å². The van der Waals surface area contributed by atoms with Gasteiger partial charge in [0, 0.05) is 0 Å². The highest BCUT2D eigenvalue weighted by Crippen LogP contribution is 2.37. The quantitative estimate of drug-likeness (QED) is 0.572. The Hall–Kier alpha value is -3.20. The molecule has 7 nitrogen and oxygen atoms in total. The standard InChI is InChI=1S/C19H14BrFN2O5/c1-27-15-9-10(8-14(20)16(15)28-2)7-13-17(24)22-19(26)23(18(13)25)12-5-3-11(21)4-6-12/h3-9H,1-2H3,(H,22,24,26). The zero-order valence-corrected chi connectivity index (χ0v) is 16.4. The summed E-state index contributed by atoms with van der Waals surface area (Å²) in [6.45, 7) is 0. The fraction of sp³-hybridized carbons (Fsp3) is 0.105. The number of nitrogens with one attached hydrogen (secondary N) is 1. The Labute approximate surface area is 167 Å². The third kappa shape index (κ3) is 3.61. The van der Waals surface area contributed by atoms with Gasteiger partial charge in [0.05, 0.1) is 24.4 Å². The van der Waals surface area contributed by atoms with Crippen LogP contribution in [0.25, 0.3) is 6.08 Å². The second-order valence-corrected chi connectivity index (χ2v) is 6.53. The van der Waals surface area contributed by atoms with E-state index in [0.717, 1.165) is 17.0 Å². The average Bonchev–Trinajstić information content (AvgIpc) is 2.66. The molecule has 0 aromatic heterocycles. The van der Waals surface area contributed by atoms with Crippen molar-refractivity contribution in [3.63, 3.8) is 0 Å². The molecule has 0 saturated carbocycles. The molecule has 3 rings (SSSR count). The molecule has 1 N–H and O–H groups in total. The predicted molar refractivity (Wildman–Crippen MR) is 103 cm³/mol. The number of benzene rings is 2. The number of carbonyl (C=O) groups is 3. The summed E-state index contributed by atoms with van der Waals surface area (Å²) in [5, 5.41) is 2.11. The van der Waals surface area contributed by atoms with Crippen molar-refractivity contribution in [2.75, 3.05) is 19.1 Å². The van der Waals surface area contributed by atoms with Crippen molar-refractivity contribution in [1.29, 1.82) is 0 Å². The van der Waals surface area contributed by atoms with E-state index in [-0.39, 0.29) is 11.3 Å². The number of hydrogen-bond donors (Lipinski definition) is 1. The molecule has 28 heavy (non-hydrogen) atoms. The summed E-state index contributed by atoms with van der Waals surface area (Å²) in [5.41, 5.74) is 0.343. The van der Waals surface area contributed by atoms with Gasteiger partial charge in [-0.15, -0.1) is 0 Å². The van der Waals surface area contributed by atoms with Crippen LogP contribution in [0.2, 0.25) is 0 Å². The Kier molecular flexibility index (Phi) is 5.46. The maximum Gasteiger partial charge on any atom is 0.335 e. The van der Waals surface area contributed by atoms with Crippen LogP contribution in [0, 0.1) is 5.82 Å². The second kappa shape index (κ2) is 7.81. The molecule has 0 aliphatic carbocycles. The molecule has 2 aromatic carbocycles. The fourth-order valence-electron chi connectivity index (χ4n) is 2.67. The zero-order valence-electron chi connectivity index (χ0n) is 14.8. The normalized spacial score (nSPS) is 15.6. The third-order valence-corrected chi connectivity index (χ3v) is 4.54. The molecule has 0 radical (unpaired) electrons. The molecule has 1 saturated heterocycles. The summed E-state index contributed by atoms with van der Waals surface area (Å²) in [4.78, 5) is 38.0. The van der Waals surface area contributed by atoms with Crippen LogP contribution in [0.15, 0.2) is 46.4 Å². The van der Waals surface area contributed by atoms with E-state index in [9.17, 15) is 18.8 Å². The summed E-state index contributed by atoms with van der Waals surface area (Å²) >= 11 is 3.34. The van der Waals surface area contributed by atoms with Gasteiger partial charge in [0.1, 0.15) is 11.4 Å². The molecule has 1 fully saturated rings. The molecule has 0 unspecified atom stereocenters. The lowest BCUT2D eigenvalue weighted by Gasteiger charge is -2.26. The number of amides is 4. The second-order valence-electron chi connectivity index (χ2n) is 5.67. The first-order valence-corrected chi connectivity index (χ1v) is 8.73. The summed E-state index contributed by atoms with van der Waals surface area (Å²) in [6, 6.07) is 7.07. The van der Waals surface area contributed by atoms with Crippen LogP contribution in [0.5, 0.6) is 11.5 Å². The Morgan fingerprint density at radius 1 is 1.07 bits per heavy atom. The van der Waals surface area contributed by atoms with E-state index in [0.29, 0.717) is 21.5 Å². The van der Waals surface area contributed by atoms with Crippen LogP contribution in [0.1, 0.15) is 5.56 Å². The van der Waals surface area contributed by atoms with Crippen molar-refractivity contribution >= 4 is 45.5 Å². The Morgan fingerprint density at radius 2 is 1.75 bits per heavy atom. The van der Waals surface area contributed by atoms with Crippen LogP contribution < -0.4 is 19.7 Å². The minimum atomic E-state index is -0.910. The maximum absolute atomic E-state index is 13.1. The molecule has 0 bridgehead atoms. The van der Waals surface area contributed by atoms with Gasteiger partial charge in [0.2, 0.25) is 0 Å². The third-order valence-electron chi connectivity index (χ3n) is 3.95. The number of urea groups is 1. The predicted octanol–water partition coefficient (Wildman–Crippen LogP) is 3.27. The number of hydrogen-bond acceptors (Lipinski definition) is 5. The molecule has 1 aliphatic heterocycles. The molecule has 0 spiro atoms. The van der Waals surface area contributed by atoms with Crippen LogP contribution >= 0.6 is 15.9 Å². The van der Waals surface area contributed by atoms with Crippen LogP contribution in [-0.2, 0) is 9.59 Å². The Morgan fingerprint density at radius 3 is 2.36 bits per heavy atom. The highest BCUT2D eigenvalue weighted by molar-refractivity contribution is 9.10. The summed E-state index contributed by atoms with van der Waals surface area (Å²) in [7, 11) is 2.93. The van der Waals surface area contributed by atoms with Crippen molar-refractivity contribution in [3.05, 3.63) is 57.8 Å². The van der Waals surface area contributed by atoms with E-state index in [1.54, 1.807) is 12.1 Å². The molecule has 2 aromatic rings. The van der Waals surface area contributed by atoms with Crippen molar-refractivity contribution in [2.24, 2.45) is 0 Å². The number of ether oxygens (including phenoxy) is 2. The minimum absolute atomic E-state index is 0.135. The van der Waals surface area contributed by atoms with E-state index in [4.69, 9.17) is 9.47 Å². The molecule has 0 atom stereocenters. The summed E-state index contributed by atoms with van der Waals surface area (Å²) < 4.78 is 24.2. The molecule has 4 amide bonds. The highest BCUT2D eigenvalue weighted by atomic mass is 79.9. The number of anilines is 1. The van der Waals surface area contributed by atoms with Crippen molar-refractivity contribution < 1.29 is 28.2 Å². The van der Waals surface area contributed by atoms with Gasteiger partial charge < -0.3 is 9.47 Å². The lowest BCUT2D eigenvalue weighted by atomic mass is 10.1. The molecule has 1 aliphatic rings. The number of rotatable bonds is 4. The van der Waals surface area contributed by atoms with E-state index in [1.165, 1.54) is 32.4 Å². The maximum atomic E-state index is 13.1. The van der Waals surface area contributed by atoms with E-state index in [2.05, 4.69) is 21.2 Å². The van der Waals surface area contributed by atoms with Gasteiger partial charge in [-0.3, -0.25) is 14.9 Å². The number of barbiturate groups is 1. The van der Waals surface area contributed by atoms with Gasteiger partial charge in [-0.25, -0.2) is 14.1 Å². The van der Waals surface area contributed by atoms with E-state index < -0.39 is 23.7 Å². The fourth-order valence-corrected chi connectivity index (χ4v) is 3.29. The first-order valence-electron chi connectivity index (χ1n) is 7.94. The largest absolute Gasteiger partial charge is 0.493 e. The van der Waals surface area contributed by atoms with Crippen molar-refractivity contribution in [3.8, 4) is 11.5 Å². The van der Waals surface area contributed by atoms with E-state index in [1.807, 2.05) is 0 Å². The number of imide groups is 2. The van der Waals surface area contributed by atoms with Gasteiger partial charge in [0.15, 0.2) is 11.5 Å². The summed E-state index contributed by atoms with van der Waals surface area (Å²) in [5.74, 6) is -1.34. The monoisotopic (exact) mass is 448 g/mol. The summed E-state index contributed by atoms with van der Waals surface area (Å²) in [6.07, 6.45) is 1.33. The van der Waals surface area contributed by atoms with Gasteiger partial charge >= 0.3 is 6.03 Å².